The van der Waals surface area contributed by atoms with Gasteiger partial charge in [-0.2, -0.15) is 0 Å². The zero-order valence-corrected chi connectivity index (χ0v) is 14.5. The largest absolute Gasteiger partial charge is 0.411 e. The number of allylic oxidation sites excluding steroid dienone is 2. The molecule has 1 fully saturated rings. The first-order valence-electron chi connectivity index (χ1n) is 8.77. The summed E-state index contributed by atoms with van der Waals surface area (Å²) in [6.07, 6.45) is 6.71. The molecule has 0 saturated carbocycles. The van der Waals surface area contributed by atoms with Crippen LogP contribution in [-0.4, -0.2) is 49.6 Å². The summed E-state index contributed by atoms with van der Waals surface area (Å²) in [5.74, 6) is 0.365. The minimum atomic E-state index is -0.386. The Hall–Kier alpha value is -1.95. The van der Waals surface area contributed by atoms with Gasteiger partial charge in [0.2, 0.25) is 0 Å². The highest BCUT2D eigenvalue weighted by Crippen LogP contribution is 2.27. The molecule has 134 valence electrons. The quantitative estimate of drug-likeness (QED) is 0.490. The Labute approximate surface area is 148 Å². The Bertz CT molecular complexity index is 638. The van der Waals surface area contributed by atoms with E-state index in [-0.39, 0.29) is 12.2 Å². The van der Waals surface area contributed by atoms with Crippen LogP contribution in [0.5, 0.6) is 0 Å². The molecule has 5 nitrogen and oxygen atoms in total. The molecule has 2 aliphatic rings. The van der Waals surface area contributed by atoms with Gasteiger partial charge in [-0.05, 0) is 18.9 Å². The molecule has 1 aliphatic carbocycles. The van der Waals surface area contributed by atoms with E-state index in [1.54, 1.807) is 0 Å². The highest BCUT2D eigenvalue weighted by Gasteiger charge is 2.31. The number of oxime groups is 1. The van der Waals surface area contributed by atoms with Gasteiger partial charge in [0.1, 0.15) is 17.9 Å². The topological polar surface area (TPSA) is 60.3 Å². The van der Waals surface area contributed by atoms with Crippen molar-refractivity contribution < 1.29 is 19.4 Å². The molecule has 0 aromatic heterocycles. The van der Waals surface area contributed by atoms with Crippen LogP contribution < -0.4 is 0 Å². The van der Waals surface area contributed by atoms with Crippen molar-refractivity contribution in [3.63, 3.8) is 0 Å². The molecule has 3 atom stereocenters. The summed E-state index contributed by atoms with van der Waals surface area (Å²) in [6, 6.07) is 9.56. The fourth-order valence-electron chi connectivity index (χ4n) is 3.21. The van der Waals surface area contributed by atoms with Gasteiger partial charge in [0.15, 0.2) is 0 Å². The van der Waals surface area contributed by atoms with Crippen molar-refractivity contribution in [3.05, 3.63) is 59.7 Å². The van der Waals surface area contributed by atoms with Gasteiger partial charge in [0.05, 0.1) is 19.8 Å². The van der Waals surface area contributed by atoms with Crippen LogP contribution in [0.3, 0.4) is 0 Å². The molecule has 1 saturated heterocycles. The molecule has 1 N–H and O–H groups in total. The number of rotatable bonds is 6. The zero-order valence-electron chi connectivity index (χ0n) is 14.5. The van der Waals surface area contributed by atoms with Crippen LogP contribution in [0.25, 0.3) is 0 Å². The molecule has 25 heavy (non-hydrogen) atoms. The summed E-state index contributed by atoms with van der Waals surface area (Å²) >= 11 is 0. The summed E-state index contributed by atoms with van der Waals surface area (Å²) in [7, 11) is 0. The molecule has 0 bridgehead atoms. The summed E-state index contributed by atoms with van der Waals surface area (Å²) in [6.45, 7) is 4.35. The van der Waals surface area contributed by atoms with E-state index in [1.807, 2.05) is 37.3 Å². The van der Waals surface area contributed by atoms with Crippen molar-refractivity contribution in [1.29, 1.82) is 0 Å². The van der Waals surface area contributed by atoms with Crippen LogP contribution in [0.1, 0.15) is 18.9 Å². The Kier molecular flexibility index (Phi) is 6.39. The van der Waals surface area contributed by atoms with Gasteiger partial charge >= 0.3 is 0 Å². The van der Waals surface area contributed by atoms with Crippen LogP contribution in [-0.2, 0) is 14.2 Å². The summed E-state index contributed by atoms with van der Waals surface area (Å²) in [4.78, 5) is 0. The smallest absolute Gasteiger partial charge is 0.128 e. The predicted molar refractivity (Wildman–Crippen MR) is 96.1 cm³/mol. The van der Waals surface area contributed by atoms with Crippen molar-refractivity contribution in [2.24, 2.45) is 11.1 Å². The predicted octanol–water partition coefficient (Wildman–Crippen LogP) is 3.19. The Balaban J connectivity index is 1.67. The van der Waals surface area contributed by atoms with Gasteiger partial charge < -0.3 is 19.4 Å². The van der Waals surface area contributed by atoms with Crippen LogP contribution >= 0.6 is 0 Å². The molecule has 5 heteroatoms. The van der Waals surface area contributed by atoms with Gasteiger partial charge in [0, 0.05) is 18.1 Å². The second-order valence-electron chi connectivity index (χ2n) is 6.25. The maximum Gasteiger partial charge on any atom is 0.128 e. The first kappa shape index (κ1) is 17.9. The van der Waals surface area contributed by atoms with Crippen molar-refractivity contribution in [3.8, 4) is 0 Å². The molecule has 1 aliphatic heterocycles. The number of ether oxygens (including phenoxy) is 3. The van der Waals surface area contributed by atoms with E-state index in [0.29, 0.717) is 31.5 Å². The average Bonchev–Trinajstić information content (AvgIpc) is 2.68. The highest BCUT2D eigenvalue weighted by molar-refractivity contribution is 6.03. The molecule has 0 amide bonds. The van der Waals surface area contributed by atoms with E-state index in [2.05, 4.69) is 23.4 Å². The van der Waals surface area contributed by atoms with E-state index in [4.69, 9.17) is 14.2 Å². The number of benzene rings is 1. The lowest BCUT2D eigenvalue weighted by Crippen LogP contribution is -2.42. The van der Waals surface area contributed by atoms with Gasteiger partial charge in [0.25, 0.3) is 0 Å². The molecule has 0 spiro atoms. The number of nitrogens with zero attached hydrogens (tertiary/aromatic N) is 1. The molecular formula is C20H25NO4. The lowest BCUT2D eigenvalue weighted by molar-refractivity contribution is -0.0987. The fraction of sp³-hybridized carbons (Fsp3) is 0.450. The number of hydrogen-bond acceptors (Lipinski definition) is 5. The molecule has 0 radical (unpaired) electrons. The number of hydrogen-bond donors (Lipinski definition) is 1. The van der Waals surface area contributed by atoms with Gasteiger partial charge in [-0.15, -0.1) is 0 Å². The standard InChI is InChI=1S/C20H25NO4/c1-2-23-12-15-7-6-10-17(11-15)18-13-24-14-19(25-18)20(21-22)16-8-4-3-5-9-16/h3-10,15,18-19,22H,2,11-14H2,1H3. The lowest BCUT2D eigenvalue weighted by atomic mass is 9.91. The third kappa shape index (κ3) is 4.57. The Morgan fingerprint density at radius 2 is 2.12 bits per heavy atom. The van der Waals surface area contributed by atoms with Gasteiger partial charge in [-0.25, -0.2) is 0 Å². The third-order valence-corrected chi connectivity index (χ3v) is 4.49. The first-order valence-corrected chi connectivity index (χ1v) is 8.77. The minimum Gasteiger partial charge on any atom is -0.411 e. The highest BCUT2D eigenvalue weighted by atomic mass is 16.6. The van der Waals surface area contributed by atoms with E-state index in [1.165, 1.54) is 5.57 Å². The monoisotopic (exact) mass is 343 g/mol. The van der Waals surface area contributed by atoms with Crippen molar-refractivity contribution >= 4 is 5.71 Å². The van der Waals surface area contributed by atoms with Crippen molar-refractivity contribution in [2.45, 2.75) is 25.6 Å². The molecule has 1 aromatic rings. The van der Waals surface area contributed by atoms with Crippen LogP contribution in [0.2, 0.25) is 0 Å². The van der Waals surface area contributed by atoms with Gasteiger partial charge in [-0.3, -0.25) is 0 Å². The molecular weight excluding hydrogens is 318 g/mol. The first-order chi connectivity index (χ1) is 12.3. The summed E-state index contributed by atoms with van der Waals surface area (Å²) in [5.41, 5.74) is 2.54. The third-order valence-electron chi connectivity index (χ3n) is 4.49. The van der Waals surface area contributed by atoms with E-state index in [0.717, 1.165) is 18.6 Å². The lowest BCUT2D eigenvalue weighted by Gasteiger charge is -2.33. The Morgan fingerprint density at radius 3 is 2.88 bits per heavy atom. The van der Waals surface area contributed by atoms with Crippen molar-refractivity contribution in [2.75, 3.05) is 26.4 Å². The minimum absolute atomic E-state index is 0.131. The SMILES string of the molecule is CCOCC1C=CC=C(C2COCC(C(=NO)c3ccccc3)O2)C1. The van der Waals surface area contributed by atoms with Crippen molar-refractivity contribution in [1.82, 2.24) is 0 Å². The molecule has 3 rings (SSSR count). The maximum absolute atomic E-state index is 9.48. The van der Waals surface area contributed by atoms with Crippen LogP contribution in [0.15, 0.2) is 59.3 Å². The van der Waals surface area contributed by atoms with Crippen LogP contribution in [0, 0.1) is 5.92 Å². The van der Waals surface area contributed by atoms with Gasteiger partial charge in [-0.1, -0.05) is 53.7 Å². The Morgan fingerprint density at radius 1 is 1.28 bits per heavy atom. The average molecular weight is 343 g/mol. The van der Waals surface area contributed by atoms with E-state index >= 15 is 0 Å². The fourth-order valence-corrected chi connectivity index (χ4v) is 3.21. The summed E-state index contributed by atoms with van der Waals surface area (Å²) in [5, 5.41) is 13.0. The molecule has 3 unspecified atom stereocenters. The van der Waals surface area contributed by atoms with E-state index in [9.17, 15) is 5.21 Å². The molecule has 1 heterocycles. The normalized spacial score (nSPS) is 27.2. The summed E-state index contributed by atoms with van der Waals surface area (Å²) < 4.78 is 17.5. The van der Waals surface area contributed by atoms with Crippen LogP contribution in [0.4, 0.5) is 0 Å². The zero-order chi connectivity index (χ0) is 17.5. The second kappa shape index (κ2) is 8.94. The van der Waals surface area contributed by atoms with E-state index < -0.39 is 0 Å². The molecule has 1 aromatic carbocycles. The maximum atomic E-state index is 9.48. The second-order valence-corrected chi connectivity index (χ2v) is 6.25.